The fraction of sp³-hybridized carbons (Fsp3) is 0.300. The van der Waals surface area contributed by atoms with Gasteiger partial charge in [0.05, 0.1) is 11.6 Å². The van der Waals surface area contributed by atoms with Gasteiger partial charge in [0.2, 0.25) is 0 Å². The predicted octanol–water partition coefficient (Wildman–Crippen LogP) is 1.82. The van der Waals surface area contributed by atoms with Gasteiger partial charge in [-0.2, -0.15) is 5.10 Å². The molecule has 3 rings (SSSR count). The van der Waals surface area contributed by atoms with Gasteiger partial charge in [-0.15, -0.1) is 0 Å². The van der Waals surface area contributed by atoms with E-state index in [1.807, 2.05) is 16.9 Å². The van der Waals surface area contributed by atoms with E-state index >= 15 is 0 Å². The van der Waals surface area contributed by atoms with E-state index in [2.05, 4.69) is 5.10 Å². The summed E-state index contributed by atoms with van der Waals surface area (Å²) in [6.45, 7) is 0. The van der Waals surface area contributed by atoms with Crippen LogP contribution >= 0.6 is 11.6 Å². The molecule has 68 valence electrons. The minimum absolute atomic E-state index is 0.584. The maximum Gasteiger partial charge on any atom is 0.117 e. The van der Waals surface area contributed by atoms with Crippen molar-refractivity contribution in [3.63, 3.8) is 0 Å². The molecule has 4 heteroatoms. The molecule has 2 aromatic rings. The van der Waals surface area contributed by atoms with Crippen molar-refractivity contribution in [2.24, 2.45) is 0 Å². The average molecular weight is 202 g/mol. The van der Waals surface area contributed by atoms with E-state index in [1.54, 1.807) is 6.07 Å². The standard InChI is InChI=1S/C10H8BClN2/c11-9-4-7(12)3-6-5-14(8-1-2-8)13-10(6)9/h3-5,8H,1-2H2. The Morgan fingerprint density at radius 2 is 2.21 bits per heavy atom. The first kappa shape index (κ1) is 8.36. The van der Waals surface area contributed by atoms with Crippen molar-refractivity contribution in [1.29, 1.82) is 0 Å². The van der Waals surface area contributed by atoms with Gasteiger partial charge in [0.15, 0.2) is 0 Å². The minimum atomic E-state index is 0.584. The van der Waals surface area contributed by atoms with Crippen LogP contribution < -0.4 is 5.46 Å². The molecular formula is C10H8BClN2. The molecule has 2 radical (unpaired) electrons. The third-order valence-electron chi connectivity index (χ3n) is 2.54. The first-order valence-corrected chi connectivity index (χ1v) is 5.06. The molecule has 1 aliphatic rings. The van der Waals surface area contributed by atoms with Crippen LogP contribution in [0.3, 0.4) is 0 Å². The van der Waals surface area contributed by atoms with Gasteiger partial charge in [-0.25, -0.2) is 0 Å². The lowest BCUT2D eigenvalue weighted by atomic mass is 9.94. The number of aromatic nitrogens is 2. The molecular weight excluding hydrogens is 194 g/mol. The van der Waals surface area contributed by atoms with Crippen molar-refractivity contribution in [3.8, 4) is 0 Å². The van der Waals surface area contributed by atoms with Crippen molar-refractivity contribution in [2.45, 2.75) is 18.9 Å². The number of nitrogens with zero attached hydrogens (tertiary/aromatic N) is 2. The van der Waals surface area contributed by atoms with Gasteiger partial charge < -0.3 is 0 Å². The van der Waals surface area contributed by atoms with Crippen LogP contribution in [-0.4, -0.2) is 17.6 Å². The zero-order chi connectivity index (χ0) is 9.71. The molecule has 0 amide bonds. The summed E-state index contributed by atoms with van der Waals surface area (Å²) in [6, 6.07) is 4.23. The van der Waals surface area contributed by atoms with Crippen molar-refractivity contribution in [1.82, 2.24) is 9.78 Å². The quantitative estimate of drug-likeness (QED) is 0.645. The molecule has 0 bridgehead atoms. The third-order valence-corrected chi connectivity index (χ3v) is 2.76. The van der Waals surface area contributed by atoms with Crippen LogP contribution in [0.25, 0.3) is 10.9 Å². The highest BCUT2D eigenvalue weighted by Crippen LogP contribution is 2.35. The lowest BCUT2D eigenvalue weighted by Crippen LogP contribution is -2.04. The summed E-state index contributed by atoms with van der Waals surface area (Å²) in [7, 11) is 5.83. The van der Waals surface area contributed by atoms with Gasteiger partial charge in [-0.05, 0) is 25.0 Å². The number of hydrogen-bond acceptors (Lipinski definition) is 1. The second kappa shape index (κ2) is 2.77. The maximum atomic E-state index is 5.91. The fourth-order valence-electron chi connectivity index (χ4n) is 1.67. The summed E-state index contributed by atoms with van der Waals surface area (Å²) in [5.41, 5.74) is 1.52. The lowest BCUT2D eigenvalue weighted by molar-refractivity contribution is 0.649. The molecule has 0 saturated heterocycles. The second-order valence-corrected chi connectivity index (χ2v) is 4.21. The second-order valence-electron chi connectivity index (χ2n) is 3.77. The molecule has 1 fully saturated rings. The Balaban J connectivity index is 2.26. The van der Waals surface area contributed by atoms with Crippen LogP contribution in [-0.2, 0) is 0 Å². The average Bonchev–Trinajstić information content (AvgIpc) is 2.87. The maximum absolute atomic E-state index is 5.91. The summed E-state index contributed by atoms with van der Waals surface area (Å²) in [5, 5.41) is 6.15. The minimum Gasteiger partial charge on any atom is -0.268 e. The molecule has 0 spiro atoms. The molecule has 0 N–H and O–H groups in total. The summed E-state index contributed by atoms with van der Waals surface area (Å²) in [6.07, 6.45) is 4.47. The molecule has 1 aliphatic carbocycles. The van der Waals surface area contributed by atoms with Crippen LogP contribution in [0.1, 0.15) is 18.9 Å². The van der Waals surface area contributed by atoms with E-state index in [-0.39, 0.29) is 0 Å². The number of rotatable bonds is 1. The summed E-state index contributed by atoms with van der Waals surface area (Å²) < 4.78 is 2.00. The molecule has 0 aliphatic heterocycles. The van der Waals surface area contributed by atoms with E-state index in [0.29, 0.717) is 16.5 Å². The number of benzene rings is 1. The largest absolute Gasteiger partial charge is 0.268 e. The zero-order valence-electron chi connectivity index (χ0n) is 7.57. The van der Waals surface area contributed by atoms with Gasteiger partial charge in [0.1, 0.15) is 7.85 Å². The molecule has 14 heavy (non-hydrogen) atoms. The smallest absolute Gasteiger partial charge is 0.117 e. The highest BCUT2D eigenvalue weighted by Gasteiger charge is 2.24. The van der Waals surface area contributed by atoms with Crippen LogP contribution in [0.4, 0.5) is 0 Å². The summed E-state index contributed by atoms with van der Waals surface area (Å²) in [4.78, 5) is 0. The number of fused-ring (bicyclic) bond motifs is 1. The van der Waals surface area contributed by atoms with Gasteiger partial charge in [0.25, 0.3) is 0 Å². The Morgan fingerprint density at radius 3 is 2.93 bits per heavy atom. The SMILES string of the molecule is [B]c1cc(Cl)cc2cn(C3CC3)nc12. The van der Waals surface area contributed by atoms with E-state index in [0.717, 1.165) is 10.9 Å². The molecule has 1 aromatic carbocycles. The Bertz CT molecular complexity index is 502. The molecule has 1 aromatic heterocycles. The van der Waals surface area contributed by atoms with Crippen LogP contribution in [0, 0.1) is 0 Å². The first-order chi connectivity index (χ1) is 6.74. The van der Waals surface area contributed by atoms with Gasteiger partial charge >= 0.3 is 0 Å². The number of halogens is 1. The summed E-state index contributed by atoms with van der Waals surface area (Å²) >= 11 is 5.91. The van der Waals surface area contributed by atoms with E-state index < -0.39 is 0 Å². The van der Waals surface area contributed by atoms with Crippen LogP contribution in [0.15, 0.2) is 18.3 Å². The Kier molecular flexibility index (Phi) is 1.65. The highest BCUT2D eigenvalue weighted by molar-refractivity contribution is 6.41. The molecule has 1 saturated carbocycles. The van der Waals surface area contributed by atoms with Crippen molar-refractivity contribution in [2.75, 3.05) is 0 Å². The van der Waals surface area contributed by atoms with Gasteiger partial charge in [-0.1, -0.05) is 17.1 Å². The third kappa shape index (κ3) is 1.23. The van der Waals surface area contributed by atoms with Gasteiger partial charge in [-0.3, -0.25) is 4.68 Å². The van der Waals surface area contributed by atoms with Crippen LogP contribution in [0.5, 0.6) is 0 Å². The van der Waals surface area contributed by atoms with Gasteiger partial charge in [0, 0.05) is 16.6 Å². The van der Waals surface area contributed by atoms with Crippen molar-refractivity contribution >= 4 is 35.8 Å². The van der Waals surface area contributed by atoms with Crippen molar-refractivity contribution in [3.05, 3.63) is 23.4 Å². The molecule has 2 nitrogen and oxygen atoms in total. The van der Waals surface area contributed by atoms with E-state index in [9.17, 15) is 0 Å². The summed E-state index contributed by atoms with van der Waals surface area (Å²) in [5.74, 6) is 0. The fourth-order valence-corrected chi connectivity index (χ4v) is 1.90. The lowest BCUT2D eigenvalue weighted by Gasteiger charge is -1.95. The van der Waals surface area contributed by atoms with E-state index in [1.165, 1.54) is 12.8 Å². The normalized spacial score (nSPS) is 16.4. The Labute approximate surface area is 88.3 Å². The predicted molar refractivity (Wildman–Crippen MR) is 58.4 cm³/mol. The Morgan fingerprint density at radius 1 is 1.43 bits per heavy atom. The molecule has 0 atom stereocenters. The molecule has 0 unspecified atom stereocenters. The monoisotopic (exact) mass is 202 g/mol. The number of hydrogen-bond donors (Lipinski definition) is 0. The molecule has 1 heterocycles. The first-order valence-electron chi connectivity index (χ1n) is 4.68. The topological polar surface area (TPSA) is 17.8 Å². The van der Waals surface area contributed by atoms with Crippen molar-refractivity contribution < 1.29 is 0 Å². The zero-order valence-corrected chi connectivity index (χ0v) is 8.33. The van der Waals surface area contributed by atoms with E-state index in [4.69, 9.17) is 19.4 Å². The van der Waals surface area contributed by atoms with Crippen LogP contribution in [0.2, 0.25) is 5.02 Å². The Hall–Kier alpha value is -0.955. The highest BCUT2D eigenvalue weighted by atomic mass is 35.5.